The third-order valence-electron chi connectivity index (χ3n) is 7.71. The molecule has 160 valence electrons. The maximum absolute atomic E-state index is 12.8. The molecular formula is C23H30N4O3. The number of nitrogens with one attached hydrogen (secondary N) is 3. The second kappa shape index (κ2) is 7.78. The van der Waals surface area contributed by atoms with E-state index in [1.807, 2.05) is 12.1 Å². The van der Waals surface area contributed by atoms with Crippen molar-refractivity contribution in [2.45, 2.75) is 57.7 Å². The van der Waals surface area contributed by atoms with Crippen LogP contribution in [-0.4, -0.2) is 48.3 Å². The predicted molar refractivity (Wildman–Crippen MR) is 111 cm³/mol. The van der Waals surface area contributed by atoms with E-state index in [4.69, 9.17) is 0 Å². The SMILES string of the molecule is O=C1CCC(N2Cc3cc(CNCC4CNCCC45CCC5)ccc3C2=O)C(=O)N1. The number of imide groups is 1. The zero-order valence-electron chi connectivity index (χ0n) is 17.3. The third kappa shape index (κ3) is 3.44. The summed E-state index contributed by atoms with van der Waals surface area (Å²) in [4.78, 5) is 38.0. The van der Waals surface area contributed by atoms with Crippen LogP contribution in [0.2, 0.25) is 0 Å². The van der Waals surface area contributed by atoms with E-state index in [0.717, 1.165) is 37.3 Å². The van der Waals surface area contributed by atoms with Crippen LogP contribution in [0.3, 0.4) is 0 Å². The van der Waals surface area contributed by atoms with Crippen molar-refractivity contribution in [2.24, 2.45) is 11.3 Å². The Morgan fingerprint density at radius 3 is 2.80 bits per heavy atom. The molecule has 0 radical (unpaired) electrons. The molecule has 7 heteroatoms. The van der Waals surface area contributed by atoms with Crippen molar-refractivity contribution in [1.82, 2.24) is 20.9 Å². The van der Waals surface area contributed by atoms with Gasteiger partial charge in [-0.1, -0.05) is 18.6 Å². The molecule has 7 nitrogen and oxygen atoms in total. The third-order valence-corrected chi connectivity index (χ3v) is 7.71. The van der Waals surface area contributed by atoms with Crippen LogP contribution < -0.4 is 16.0 Å². The number of nitrogens with zero attached hydrogens (tertiary/aromatic N) is 1. The summed E-state index contributed by atoms with van der Waals surface area (Å²) in [7, 11) is 0. The first-order valence-corrected chi connectivity index (χ1v) is 11.2. The normalized spacial score (nSPS) is 27.7. The first kappa shape index (κ1) is 19.7. The number of hydrogen-bond donors (Lipinski definition) is 3. The molecule has 30 heavy (non-hydrogen) atoms. The number of piperidine rings is 2. The van der Waals surface area contributed by atoms with Crippen molar-refractivity contribution in [3.05, 3.63) is 34.9 Å². The maximum Gasteiger partial charge on any atom is 0.255 e. The van der Waals surface area contributed by atoms with Crippen molar-refractivity contribution in [2.75, 3.05) is 19.6 Å². The number of carbonyl (C=O) groups excluding carboxylic acids is 3. The largest absolute Gasteiger partial charge is 0.322 e. The molecule has 3 amide bonds. The topological polar surface area (TPSA) is 90.5 Å². The number of rotatable bonds is 5. The minimum Gasteiger partial charge on any atom is -0.322 e. The minimum atomic E-state index is -0.554. The minimum absolute atomic E-state index is 0.112. The monoisotopic (exact) mass is 410 g/mol. The lowest BCUT2D eigenvalue weighted by atomic mass is 9.58. The number of hydrogen-bond acceptors (Lipinski definition) is 5. The summed E-state index contributed by atoms with van der Waals surface area (Å²) < 4.78 is 0. The summed E-state index contributed by atoms with van der Waals surface area (Å²) in [5.74, 6) is -0.0378. The Bertz CT molecular complexity index is 879. The lowest BCUT2D eigenvalue weighted by molar-refractivity contribution is -0.136. The molecule has 0 bridgehead atoms. The van der Waals surface area contributed by atoms with Crippen LogP contribution in [0.1, 0.15) is 60.0 Å². The highest BCUT2D eigenvalue weighted by molar-refractivity contribution is 6.05. The van der Waals surface area contributed by atoms with Gasteiger partial charge in [-0.2, -0.15) is 0 Å². The average Bonchev–Trinajstić information content (AvgIpc) is 3.03. The molecule has 3 N–H and O–H groups in total. The Morgan fingerprint density at radius 2 is 2.03 bits per heavy atom. The lowest BCUT2D eigenvalue weighted by Crippen LogP contribution is -2.52. The summed E-state index contributed by atoms with van der Waals surface area (Å²) in [6.07, 6.45) is 6.10. The highest BCUT2D eigenvalue weighted by atomic mass is 16.2. The van der Waals surface area contributed by atoms with Gasteiger partial charge in [-0.25, -0.2) is 0 Å². The summed E-state index contributed by atoms with van der Waals surface area (Å²) in [5.41, 5.74) is 3.37. The fourth-order valence-corrected chi connectivity index (χ4v) is 5.74. The van der Waals surface area contributed by atoms with E-state index >= 15 is 0 Å². The van der Waals surface area contributed by atoms with Crippen LogP contribution in [0, 0.1) is 11.3 Å². The van der Waals surface area contributed by atoms with Crippen molar-refractivity contribution in [3.63, 3.8) is 0 Å². The zero-order valence-corrected chi connectivity index (χ0v) is 17.3. The van der Waals surface area contributed by atoms with Crippen molar-refractivity contribution < 1.29 is 14.4 Å². The smallest absolute Gasteiger partial charge is 0.255 e. The van der Waals surface area contributed by atoms with Crippen molar-refractivity contribution in [1.29, 1.82) is 0 Å². The molecule has 1 saturated carbocycles. The molecule has 2 atom stereocenters. The summed E-state index contributed by atoms with van der Waals surface area (Å²) in [5, 5.41) is 9.55. The highest BCUT2D eigenvalue weighted by Crippen LogP contribution is 2.50. The van der Waals surface area contributed by atoms with E-state index in [9.17, 15) is 14.4 Å². The number of benzene rings is 1. The number of carbonyl (C=O) groups is 3. The Hall–Kier alpha value is -2.25. The van der Waals surface area contributed by atoms with Crippen molar-refractivity contribution in [3.8, 4) is 0 Å². The molecule has 0 aromatic heterocycles. The fourth-order valence-electron chi connectivity index (χ4n) is 5.74. The first-order chi connectivity index (χ1) is 14.6. The molecule has 1 aromatic carbocycles. The van der Waals surface area contributed by atoms with E-state index in [-0.39, 0.29) is 24.1 Å². The molecule has 3 heterocycles. The molecule has 1 aliphatic carbocycles. The van der Waals surface area contributed by atoms with E-state index in [1.54, 1.807) is 4.90 Å². The van der Waals surface area contributed by atoms with Crippen LogP contribution in [0.25, 0.3) is 0 Å². The van der Waals surface area contributed by atoms with Gasteiger partial charge in [0.25, 0.3) is 5.91 Å². The predicted octanol–water partition coefficient (Wildman–Crippen LogP) is 1.32. The van der Waals surface area contributed by atoms with Gasteiger partial charge in [0.05, 0.1) is 0 Å². The van der Waals surface area contributed by atoms with E-state index in [0.29, 0.717) is 29.9 Å². The van der Waals surface area contributed by atoms with E-state index in [2.05, 4.69) is 22.0 Å². The Morgan fingerprint density at radius 1 is 1.17 bits per heavy atom. The van der Waals surface area contributed by atoms with Crippen LogP contribution >= 0.6 is 0 Å². The van der Waals surface area contributed by atoms with Gasteiger partial charge in [0, 0.05) is 31.6 Å². The Kier molecular flexibility index (Phi) is 5.11. The molecule has 3 aliphatic heterocycles. The number of amides is 3. The van der Waals surface area contributed by atoms with Crippen LogP contribution in [0.5, 0.6) is 0 Å². The van der Waals surface area contributed by atoms with E-state index < -0.39 is 6.04 Å². The van der Waals surface area contributed by atoms with Crippen LogP contribution in [0.4, 0.5) is 0 Å². The zero-order chi connectivity index (χ0) is 20.7. The maximum atomic E-state index is 12.8. The van der Waals surface area contributed by atoms with Gasteiger partial charge >= 0.3 is 0 Å². The molecule has 5 rings (SSSR count). The van der Waals surface area contributed by atoms with Gasteiger partial charge in [0.15, 0.2) is 0 Å². The molecule has 4 aliphatic rings. The molecule has 3 fully saturated rings. The van der Waals surface area contributed by atoms with Crippen LogP contribution in [0.15, 0.2) is 18.2 Å². The Balaban J connectivity index is 1.20. The summed E-state index contributed by atoms with van der Waals surface area (Å²) in [6.45, 7) is 4.49. The second-order valence-electron chi connectivity index (χ2n) is 9.39. The number of fused-ring (bicyclic) bond motifs is 1. The standard InChI is InChI=1S/C23H30N4O3/c28-20-5-4-19(21(29)26-20)27-14-16-10-15(2-3-18(16)22(27)30)11-25-13-17-12-24-9-8-23(17)6-1-7-23/h2-3,10,17,19,24-25H,1,4-9,11-14H2,(H,26,28,29). The van der Waals surface area contributed by atoms with Gasteiger partial charge in [-0.15, -0.1) is 0 Å². The lowest BCUT2D eigenvalue weighted by Gasteiger charge is -2.51. The van der Waals surface area contributed by atoms with Gasteiger partial charge in [0.2, 0.25) is 11.8 Å². The summed E-state index contributed by atoms with van der Waals surface area (Å²) in [6, 6.07) is 5.43. The molecule has 2 unspecified atom stereocenters. The molecule has 1 spiro atoms. The molecular weight excluding hydrogens is 380 g/mol. The van der Waals surface area contributed by atoms with E-state index in [1.165, 1.54) is 25.7 Å². The second-order valence-corrected chi connectivity index (χ2v) is 9.39. The highest BCUT2D eigenvalue weighted by Gasteiger charge is 2.44. The Labute approximate surface area is 177 Å². The molecule has 1 aromatic rings. The van der Waals surface area contributed by atoms with Gasteiger partial charge in [0.1, 0.15) is 6.04 Å². The quantitative estimate of drug-likeness (QED) is 0.637. The van der Waals surface area contributed by atoms with Crippen LogP contribution in [-0.2, 0) is 22.7 Å². The first-order valence-electron chi connectivity index (χ1n) is 11.2. The summed E-state index contributed by atoms with van der Waals surface area (Å²) >= 11 is 0. The fraction of sp³-hybridized carbons (Fsp3) is 0.609. The van der Waals surface area contributed by atoms with Gasteiger partial charge in [-0.05, 0) is 67.3 Å². The van der Waals surface area contributed by atoms with Gasteiger partial charge in [-0.3, -0.25) is 19.7 Å². The average molecular weight is 411 g/mol. The molecule has 2 saturated heterocycles. The van der Waals surface area contributed by atoms with Crippen molar-refractivity contribution >= 4 is 17.7 Å². The van der Waals surface area contributed by atoms with Gasteiger partial charge < -0.3 is 15.5 Å².